The zero-order valence-electron chi connectivity index (χ0n) is 18.4. The van der Waals surface area contributed by atoms with Crippen molar-refractivity contribution in [2.45, 2.75) is 36.2 Å². The summed E-state index contributed by atoms with van der Waals surface area (Å²) in [6.45, 7) is 0.499. The van der Waals surface area contributed by atoms with E-state index in [1.54, 1.807) is 28.8 Å². The van der Waals surface area contributed by atoms with Crippen LogP contribution in [-0.4, -0.2) is 73.6 Å². The highest BCUT2D eigenvalue weighted by atomic mass is 32.2. The van der Waals surface area contributed by atoms with Gasteiger partial charge in [0.25, 0.3) is 0 Å². The molecule has 9 nitrogen and oxygen atoms in total. The van der Waals surface area contributed by atoms with Crippen LogP contribution in [0.1, 0.15) is 19.3 Å². The lowest BCUT2D eigenvalue weighted by atomic mass is 10.1. The van der Waals surface area contributed by atoms with Crippen molar-refractivity contribution < 1.29 is 18.3 Å². The van der Waals surface area contributed by atoms with E-state index in [9.17, 15) is 18.3 Å². The molecule has 3 rings (SSSR count). The molecule has 6 N–H and O–H groups in total. The largest absolute Gasteiger partial charge is 0.394 e. The van der Waals surface area contributed by atoms with Gasteiger partial charge in [0.15, 0.2) is 5.96 Å². The number of nitrogens with two attached hydrogens (primary N) is 2. The highest BCUT2D eigenvalue weighted by molar-refractivity contribution is 7.99. The van der Waals surface area contributed by atoms with Crippen molar-refractivity contribution in [2.75, 3.05) is 31.2 Å². The number of carbonyl (C=O) groups is 1. The predicted molar refractivity (Wildman–Crippen MR) is 132 cm³/mol. The highest BCUT2D eigenvalue weighted by Gasteiger charge is 2.35. The number of aliphatic hydroxyl groups is 1. The fourth-order valence-electron chi connectivity index (χ4n) is 3.85. The lowest BCUT2D eigenvalue weighted by molar-refractivity contribution is -0.134. The summed E-state index contributed by atoms with van der Waals surface area (Å²) in [7, 11) is -3.98. The minimum Gasteiger partial charge on any atom is -0.394 e. The van der Waals surface area contributed by atoms with E-state index in [1.807, 2.05) is 24.3 Å². The maximum absolute atomic E-state index is 13.1. The molecule has 0 aromatic heterocycles. The highest BCUT2D eigenvalue weighted by Crippen LogP contribution is 2.23. The number of aliphatic hydroxyl groups excluding tert-OH is 1. The zero-order chi connectivity index (χ0) is 23.8. The van der Waals surface area contributed by atoms with Gasteiger partial charge in [-0.15, -0.1) is 0 Å². The van der Waals surface area contributed by atoms with Crippen molar-refractivity contribution >= 4 is 44.4 Å². The van der Waals surface area contributed by atoms with Crippen molar-refractivity contribution in [3.05, 3.63) is 42.5 Å². The van der Waals surface area contributed by atoms with Gasteiger partial charge in [-0.25, -0.2) is 8.42 Å². The number of hydrogen-bond donors (Lipinski definition) is 4. The van der Waals surface area contributed by atoms with Crippen LogP contribution in [0.15, 0.2) is 52.4 Å². The number of carbonyl (C=O) groups excluding carboxylic acids is 1. The standard InChI is InChI=1S/C22H31N5O4S2/c23-22(24)25-10-4-12-32-15-18-7-3-11-27(18)21(29)20(14-28)26-33(30,31)19-9-8-16-5-1-2-6-17(16)13-19/h1-2,5-6,8-9,13,18,20,26,28H,3-4,7,10-12,14-15H2,(H4,23,24,25)/t18-,20+/m0/s1. The Hall–Kier alpha value is -2.34. The zero-order valence-corrected chi connectivity index (χ0v) is 20.0. The number of benzene rings is 2. The van der Waals surface area contributed by atoms with E-state index >= 15 is 0 Å². The van der Waals surface area contributed by atoms with E-state index in [2.05, 4.69) is 9.71 Å². The second kappa shape index (κ2) is 11.7. The number of fused-ring (bicyclic) bond motifs is 1. The summed E-state index contributed by atoms with van der Waals surface area (Å²) in [6.07, 6.45) is 2.52. The number of hydrogen-bond acceptors (Lipinski definition) is 6. The van der Waals surface area contributed by atoms with Crippen LogP contribution in [0.3, 0.4) is 0 Å². The van der Waals surface area contributed by atoms with Gasteiger partial charge < -0.3 is 21.5 Å². The number of likely N-dealkylation sites (tertiary alicyclic amines) is 1. The SMILES string of the molecule is NC(N)=NCCCSC[C@@H]1CCCN1C(=O)[C@@H](CO)NS(=O)(=O)c1ccc2ccccc2c1. The smallest absolute Gasteiger partial charge is 0.243 e. The number of thioether (sulfide) groups is 1. The molecule has 180 valence electrons. The molecule has 1 aliphatic heterocycles. The number of sulfonamides is 1. The van der Waals surface area contributed by atoms with Crippen molar-refractivity contribution in [2.24, 2.45) is 16.5 Å². The molecule has 0 unspecified atom stereocenters. The first-order valence-electron chi connectivity index (χ1n) is 10.9. The third-order valence-corrected chi connectivity index (χ3v) is 8.19. The van der Waals surface area contributed by atoms with Gasteiger partial charge in [-0.3, -0.25) is 9.79 Å². The van der Waals surface area contributed by atoms with Crippen molar-refractivity contribution in [3.8, 4) is 0 Å². The first kappa shape index (κ1) is 25.3. The number of amides is 1. The van der Waals surface area contributed by atoms with Crippen molar-refractivity contribution in [1.82, 2.24) is 9.62 Å². The van der Waals surface area contributed by atoms with E-state index in [0.29, 0.717) is 13.1 Å². The maximum Gasteiger partial charge on any atom is 0.243 e. The molecule has 0 bridgehead atoms. The van der Waals surface area contributed by atoms with E-state index in [-0.39, 0.29) is 16.9 Å². The Kier molecular flexibility index (Phi) is 8.95. The van der Waals surface area contributed by atoms with E-state index < -0.39 is 28.6 Å². The normalized spacial score (nSPS) is 17.2. The molecular weight excluding hydrogens is 462 g/mol. The molecule has 0 radical (unpaired) electrons. The van der Waals surface area contributed by atoms with Crippen LogP contribution in [0.4, 0.5) is 0 Å². The average Bonchev–Trinajstić information content (AvgIpc) is 3.27. The lowest BCUT2D eigenvalue weighted by Gasteiger charge is -2.28. The van der Waals surface area contributed by atoms with E-state index in [1.165, 1.54) is 6.07 Å². The second-order valence-corrected chi connectivity index (χ2v) is 10.8. The van der Waals surface area contributed by atoms with Crippen LogP contribution in [-0.2, 0) is 14.8 Å². The Morgan fingerprint density at radius 2 is 2.00 bits per heavy atom. The summed E-state index contributed by atoms with van der Waals surface area (Å²) in [5.41, 5.74) is 10.6. The summed E-state index contributed by atoms with van der Waals surface area (Å²) in [5.74, 6) is 1.27. The van der Waals surface area contributed by atoms with Gasteiger partial charge >= 0.3 is 0 Å². The Bertz CT molecular complexity index is 1090. The van der Waals surface area contributed by atoms with Crippen molar-refractivity contribution in [1.29, 1.82) is 0 Å². The number of nitrogens with zero attached hydrogens (tertiary/aromatic N) is 2. The van der Waals surface area contributed by atoms with Gasteiger partial charge in [-0.2, -0.15) is 16.5 Å². The van der Waals surface area contributed by atoms with Gasteiger partial charge in [0.2, 0.25) is 15.9 Å². The molecular formula is C22H31N5O4S2. The lowest BCUT2D eigenvalue weighted by Crippen LogP contribution is -2.52. The molecule has 0 saturated carbocycles. The van der Waals surface area contributed by atoms with Crippen molar-refractivity contribution in [3.63, 3.8) is 0 Å². The molecule has 2 aromatic rings. The minimum absolute atomic E-state index is 0.00445. The van der Waals surface area contributed by atoms with Crippen LogP contribution in [0, 0.1) is 0 Å². The molecule has 33 heavy (non-hydrogen) atoms. The summed E-state index contributed by atoms with van der Waals surface area (Å²) in [4.78, 5) is 18.8. The predicted octanol–water partition coefficient (Wildman–Crippen LogP) is 0.867. The van der Waals surface area contributed by atoms with Gasteiger partial charge in [-0.1, -0.05) is 30.3 Å². The third kappa shape index (κ3) is 6.83. The van der Waals surface area contributed by atoms with Crippen LogP contribution in [0.2, 0.25) is 0 Å². The number of nitrogens with one attached hydrogen (secondary N) is 1. The van der Waals surface area contributed by atoms with Gasteiger partial charge in [0, 0.05) is 24.9 Å². The Balaban J connectivity index is 1.61. The fourth-order valence-corrected chi connectivity index (χ4v) is 6.18. The van der Waals surface area contributed by atoms with Crippen LogP contribution >= 0.6 is 11.8 Å². The molecule has 2 aromatic carbocycles. The van der Waals surface area contributed by atoms with Crippen LogP contribution < -0.4 is 16.2 Å². The molecule has 1 fully saturated rings. The van der Waals surface area contributed by atoms with E-state index in [4.69, 9.17) is 11.5 Å². The quantitative estimate of drug-likeness (QED) is 0.206. The van der Waals surface area contributed by atoms with Gasteiger partial charge in [-0.05, 0) is 47.9 Å². The molecule has 1 amide bonds. The Labute approximate surface area is 198 Å². The summed E-state index contributed by atoms with van der Waals surface area (Å²) in [6, 6.07) is 11.0. The molecule has 1 heterocycles. The summed E-state index contributed by atoms with van der Waals surface area (Å²) >= 11 is 1.71. The van der Waals surface area contributed by atoms with Crippen LogP contribution in [0.5, 0.6) is 0 Å². The Morgan fingerprint density at radius 3 is 2.73 bits per heavy atom. The molecule has 1 aliphatic rings. The average molecular weight is 494 g/mol. The monoisotopic (exact) mass is 493 g/mol. The first-order valence-corrected chi connectivity index (χ1v) is 13.5. The number of rotatable bonds is 11. The van der Waals surface area contributed by atoms with Gasteiger partial charge in [0.05, 0.1) is 11.5 Å². The third-order valence-electron chi connectivity index (χ3n) is 5.52. The topological polar surface area (TPSA) is 151 Å². The fraction of sp³-hybridized carbons (Fsp3) is 0.455. The Morgan fingerprint density at radius 1 is 1.24 bits per heavy atom. The molecule has 2 atom stereocenters. The number of aliphatic imine (C=N–C) groups is 1. The molecule has 11 heteroatoms. The molecule has 0 spiro atoms. The molecule has 1 saturated heterocycles. The summed E-state index contributed by atoms with van der Waals surface area (Å²) in [5, 5.41) is 11.5. The first-order chi connectivity index (χ1) is 15.8. The summed E-state index contributed by atoms with van der Waals surface area (Å²) < 4.78 is 28.3. The van der Waals surface area contributed by atoms with E-state index in [0.717, 1.165) is 41.5 Å². The second-order valence-electron chi connectivity index (χ2n) is 7.93. The van der Waals surface area contributed by atoms with Crippen LogP contribution in [0.25, 0.3) is 10.8 Å². The maximum atomic E-state index is 13.1. The number of guanidine groups is 1. The molecule has 0 aliphatic carbocycles. The van der Waals surface area contributed by atoms with Gasteiger partial charge in [0.1, 0.15) is 6.04 Å². The minimum atomic E-state index is -3.98.